The summed E-state index contributed by atoms with van der Waals surface area (Å²) < 4.78 is 11.4. The maximum atomic E-state index is 12.3. The quantitative estimate of drug-likeness (QED) is 0.574. The highest BCUT2D eigenvalue weighted by atomic mass is 79.9. The molecule has 0 radical (unpaired) electrons. The topological polar surface area (TPSA) is 76.2 Å². The Kier molecular flexibility index (Phi) is 5.81. The summed E-state index contributed by atoms with van der Waals surface area (Å²) in [5, 5.41) is 3.90. The number of ether oxygens (including phenoxy) is 2. The number of nitrogens with zero attached hydrogens (tertiary/aromatic N) is 1. The van der Waals surface area contributed by atoms with Crippen LogP contribution in [0.15, 0.2) is 47.2 Å². The average Bonchev–Trinajstić information content (AvgIpc) is 3.07. The van der Waals surface area contributed by atoms with E-state index in [9.17, 15) is 4.79 Å². The molecule has 7 heteroatoms. The van der Waals surface area contributed by atoms with E-state index in [2.05, 4.69) is 31.2 Å². The minimum absolute atomic E-state index is 0.180. The number of aromatic amines is 1. The Bertz CT molecular complexity index is 997. The number of halogens is 1. The summed E-state index contributed by atoms with van der Waals surface area (Å²) in [6.45, 7) is 1.92. The Morgan fingerprint density at radius 2 is 2.04 bits per heavy atom. The van der Waals surface area contributed by atoms with Gasteiger partial charge in [0.1, 0.15) is 5.65 Å². The average molecular weight is 430 g/mol. The summed E-state index contributed by atoms with van der Waals surface area (Å²) in [5.74, 6) is 1.09. The van der Waals surface area contributed by atoms with E-state index in [4.69, 9.17) is 9.47 Å². The van der Waals surface area contributed by atoms with Gasteiger partial charge in [-0.1, -0.05) is 6.07 Å². The molecule has 0 aliphatic carbocycles. The van der Waals surface area contributed by atoms with Gasteiger partial charge in [-0.3, -0.25) is 4.79 Å². The Morgan fingerprint density at radius 3 is 2.78 bits per heavy atom. The van der Waals surface area contributed by atoms with Crippen LogP contribution in [0.2, 0.25) is 0 Å². The summed E-state index contributed by atoms with van der Waals surface area (Å²) in [6, 6.07) is 7.36. The molecular formula is C20H20BrN3O3. The molecule has 1 aromatic carbocycles. The number of H-pyrrole nitrogens is 1. The van der Waals surface area contributed by atoms with Crippen molar-refractivity contribution in [2.24, 2.45) is 0 Å². The molecule has 3 rings (SSSR count). The van der Waals surface area contributed by atoms with Gasteiger partial charge in [-0.15, -0.1) is 0 Å². The highest BCUT2D eigenvalue weighted by molar-refractivity contribution is 9.10. The number of aromatic nitrogens is 2. The fourth-order valence-corrected chi connectivity index (χ4v) is 3.10. The van der Waals surface area contributed by atoms with Crippen molar-refractivity contribution in [2.75, 3.05) is 14.2 Å². The number of nitrogens with one attached hydrogen (secondary N) is 2. The molecule has 2 aromatic heterocycles. The zero-order valence-corrected chi connectivity index (χ0v) is 16.8. The predicted molar refractivity (Wildman–Crippen MR) is 109 cm³/mol. The van der Waals surface area contributed by atoms with Gasteiger partial charge in [0.2, 0.25) is 5.91 Å². The van der Waals surface area contributed by atoms with Crippen LogP contribution in [0.25, 0.3) is 17.1 Å². The number of amides is 1. The first kappa shape index (κ1) is 19.0. The van der Waals surface area contributed by atoms with Crippen LogP contribution in [0.5, 0.6) is 11.5 Å². The number of fused-ring (bicyclic) bond motifs is 1. The number of methoxy groups -OCH3 is 2. The van der Waals surface area contributed by atoms with Crippen molar-refractivity contribution in [1.29, 1.82) is 0 Å². The maximum Gasteiger partial charge on any atom is 0.244 e. The van der Waals surface area contributed by atoms with Gasteiger partial charge in [0.15, 0.2) is 11.5 Å². The summed E-state index contributed by atoms with van der Waals surface area (Å²) in [4.78, 5) is 19.7. The van der Waals surface area contributed by atoms with Gasteiger partial charge in [0.05, 0.1) is 20.3 Å². The lowest BCUT2D eigenvalue weighted by molar-refractivity contribution is -0.117. The van der Waals surface area contributed by atoms with Gasteiger partial charge in [0, 0.05) is 33.9 Å². The minimum Gasteiger partial charge on any atom is -0.493 e. The molecule has 1 unspecified atom stereocenters. The monoisotopic (exact) mass is 429 g/mol. The normalized spacial score (nSPS) is 12.3. The predicted octanol–water partition coefficient (Wildman–Crippen LogP) is 4.23. The van der Waals surface area contributed by atoms with Gasteiger partial charge < -0.3 is 19.8 Å². The number of benzene rings is 1. The van der Waals surface area contributed by atoms with Gasteiger partial charge in [-0.2, -0.15) is 0 Å². The highest BCUT2D eigenvalue weighted by Gasteiger charge is 2.12. The van der Waals surface area contributed by atoms with Crippen molar-refractivity contribution < 1.29 is 14.3 Å². The zero-order valence-electron chi connectivity index (χ0n) is 15.2. The van der Waals surface area contributed by atoms with Crippen LogP contribution in [-0.2, 0) is 4.79 Å². The third-order valence-electron chi connectivity index (χ3n) is 4.21. The number of hydrogen-bond acceptors (Lipinski definition) is 4. The molecule has 3 aromatic rings. The third-order valence-corrected chi connectivity index (χ3v) is 4.64. The van der Waals surface area contributed by atoms with Gasteiger partial charge >= 0.3 is 0 Å². The molecule has 0 spiro atoms. The SMILES string of the molecule is COc1ccc(C(C)NC(=O)C=Cc2c[nH]c3ncc(Br)cc23)cc1OC. The first-order valence-electron chi connectivity index (χ1n) is 8.35. The molecule has 2 heterocycles. The smallest absolute Gasteiger partial charge is 0.244 e. The summed E-state index contributed by atoms with van der Waals surface area (Å²) in [5.41, 5.74) is 2.60. The van der Waals surface area contributed by atoms with Gasteiger partial charge in [0.25, 0.3) is 0 Å². The molecule has 2 N–H and O–H groups in total. The lowest BCUT2D eigenvalue weighted by atomic mass is 10.1. The molecule has 0 aliphatic heterocycles. The van der Waals surface area contributed by atoms with Crippen LogP contribution in [0.3, 0.4) is 0 Å². The first-order chi connectivity index (χ1) is 13.0. The van der Waals surface area contributed by atoms with E-state index in [0.29, 0.717) is 11.5 Å². The van der Waals surface area contributed by atoms with Gasteiger partial charge in [-0.25, -0.2) is 4.98 Å². The second kappa shape index (κ2) is 8.26. The van der Waals surface area contributed by atoms with Crippen molar-refractivity contribution in [2.45, 2.75) is 13.0 Å². The second-order valence-corrected chi connectivity index (χ2v) is 6.89. The number of rotatable bonds is 6. The Labute approximate surface area is 165 Å². The van der Waals surface area contributed by atoms with E-state index >= 15 is 0 Å². The van der Waals surface area contributed by atoms with E-state index < -0.39 is 0 Å². The molecule has 0 fully saturated rings. The van der Waals surface area contributed by atoms with Crippen LogP contribution in [0, 0.1) is 0 Å². The third kappa shape index (κ3) is 4.31. The van der Waals surface area contributed by atoms with Crippen molar-refractivity contribution in [3.8, 4) is 11.5 Å². The Balaban J connectivity index is 1.71. The maximum absolute atomic E-state index is 12.3. The van der Waals surface area contributed by atoms with Gasteiger partial charge in [-0.05, 0) is 52.7 Å². The minimum atomic E-state index is -0.186. The van der Waals surface area contributed by atoms with Crippen LogP contribution in [0.1, 0.15) is 24.1 Å². The highest BCUT2D eigenvalue weighted by Crippen LogP contribution is 2.30. The Morgan fingerprint density at radius 1 is 1.26 bits per heavy atom. The van der Waals surface area contributed by atoms with E-state index in [-0.39, 0.29) is 11.9 Å². The van der Waals surface area contributed by atoms with Crippen molar-refractivity contribution in [3.05, 3.63) is 58.3 Å². The molecule has 0 saturated heterocycles. The number of carbonyl (C=O) groups is 1. The number of hydrogen-bond donors (Lipinski definition) is 2. The lowest BCUT2D eigenvalue weighted by Gasteiger charge is -2.15. The molecule has 27 heavy (non-hydrogen) atoms. The molecular weight excluding hydrogens is 410 g/mol. The van der Waals surface area contributed by atoms with E-state index in [0.717, 1.165) is 26.6 Å². The van der Waals surface area contributed by atoms with Crippen LogP contribution >= 0.6 is 15.9 Å². The molecule has 140 valence electrons. The fraction of sp³-hybridized carbons (Fsp3) is 0.200. The standard InChI is InChI=1S/C20H20BrN3O3/c1-12(13-4-6-17(26-2)18(8-13)27-3)24-19(25)7-5-14-10-22-20-16(14)9-15(21)11-23-20/h4-12H,1-3H3,(H,22,23)(H,24,25). The van der Waals surface area contributed by atoms with Crippen LogP contribution < -0.4 is 14.8 Å². The van der Waals surface area contributed by atoms with Crippen LogP contribution in [-0.4, -0.2) is 30.1 Å². The van der Waals surface area contributed by atoms with Crippen LogP contribution in [0.4, 0.5) is 0 Å². The van der Waals surface area contributed by atoms with Crippen molar-refractivity contribution in [1.82, 2.24) is 15.3 Å². The summed E-state index contributed by atoms with van der Waals surface area (Å²) >= 11 is 3.41. The molecule has 0 aliphatic rings. The fourth-order valence-electron chi connectivity index (χ4n) is 2.77. The molecule has 1 amide bonds. The first-order valence-corrected chi connectivity index (χ1v) is 9.14. The van der Waals surface area contributed by atoms with Crippen molar-refractivity contribution in [3.63, 3.8) is 0 Å². The van der Waals surface area contributed by atoms with E-state index in [1.165, 1.54) is 6.08 Å². The van der Waals surface area contributed by atoms with E-state index in [1.54, 1.807) is 26.5 Å². The molecule has 0 saturated carbocycles. The van der Waals surface area contributed by atoms with E-state index in [1.807, 2.05) is 37.4 Å². The molecule has 0 bridgehead atoms. The van der Waals surface area contributed by atoms with Crippen molar-refractivity contribution >= 4 is 38.9 Å². The number of carbonyl (C=O) groups excluding carboxylic acids is 1. The summed E-state index contributed by atoms with van der Waals surface area (Å²) in [7, 11) is 3.17. The largest absolute Gasteiger partial charge is 0.493 e. The zero-order chi connectivity index (χ0) is 19.4. The Hall–Kier alpha value is -2.80. The summed E-state index contributed by atoms with van der Waals surface area (Å²) in [6.07, 6.45) is 6.83. The molecule has 1 atom stereocenters. The lowest BCUT2D eigenvalue weighted by Crippen LogP contribution is -2.24. The molecule has 6 nitrogen and oxygen atoms in total. The number of pyridine rings is 1. The second-order valence-electron chi connectivity index (χ2n) is 5.97.